The first kappa shape index (κ1) is 12.6. The van der Waals surface area contributed by atoms with Crippen LogP contribution in [0.2, 0.25) is 0 Å². The van der Waals surface area contributed by atoms with E-state index < -0.39 is 0 Å². The summed E-state index contributed by atoms with van der Waals surface area (Å²) >= 11 is 0. The second-order valence-corrected chi connectivity index (χ2v) is 4.92. The quantitative estimate of drug-likeness (QED) is 0.866. The van der Waals surface area contributed by atoms with Gasteiger partial charge in [0.05, 0.1) is 6.04 Å². The van der Waals surface area contributed by atoms with Gasteiger partial charge in [-0.1, -0.05) is 30.3 Å². The topological polar surface area (TPSA) is 42.0 Å². The second kappa shape index (κ2) is 5.70. The smallest absolute Gasteiger partial charge is 0.244 e. The number of aryl methyl sites for hydroxylation is 1. The minimum atomic E-state index is -0.0597. The van der Waals surface area contributed by atoms with Crippen LogP contribution in [0.25, 0.3) is 6.08 Å². The van der Waals surface area contributed by atoms with Crippen molar-refractivity contribution in [2.75, 3.05) is 0 Å². The van der Waals surface area contributed by atoms with Gasteiger partial charge in [-0.25, -0.2) is 0 Å². The Labute approximate surface area is 118 Å². The summed E-state index contributed by atoms with van der Waals surface area (Å²) < 4.78 is 0. The maximum absolute atomic E-state index is 12.0. The third kappa shape index (κ3) is 2.77. The summed E-state index contributed by atoms with van der Waals surface area (Å²) in [6, 6.07) is 12.2. The molecular weight excluding hydrogens is 248 g/mol. The number of nitrogens with one attached hydrogen (secondary N) is 1. The van der Waals surface area contributed by atoms with Crippen LogP contribution in [-0.4, -0.2) is 10.9 Å². The third-order valence-corrected chi connectivity index (χ3v) is 3.56. The zero-order chi connectivity index (χ0) is 13.8. The van der Waals surface area contributed by atoms with E-state index in [1.807, 2.05) is 24.3 Å². The SMILES string of the molecule is O=C(/C=C/c1cccnc1)NC1CCc2ccccc21. The Kier molecular flexibility index (Phi) is 3.59. The number of benzene rings is 1. The first-order valence-electron chi connectivity index (χ1n) is 6.79. The lowest BCUT2D eigenvalue weighted by Crippen LogP contribution is -2.25. The van der Waals surface area contributed by atoms with E-state index in [4.69, 9.17) is 0 Å². The molecule has 0 saturated heterocycles. The number of rotatable bonds is 3. The average Bonchev–Trinajstić information content (AvgIpc) is 2.90. The van der Waals surface area contributed by atoms with E-state index in [1.165, 1.54) is 11.1 Å². The summed E-state index contributed by atoms with van der Waals surface area (Å²) in [5, 5.41) is 3.06. The molecule has 3 nitrogen and oxygen atoms in total. The zero-order valence-corrected chi connectivity index (χ0v) is 11.1. The van der Waals surface area contributed by atoms with Gasteiger partial charge in [0, 0.05) is 18.5 Å². The number of fused-ring (bicyclic) bond motifs is 1. The fourth-order valence-corrected chi connectivity index (χ4v) is 2.57. The van der Waals surface area contributed by atoms with Crippen molar-refractivity contribution >= 4 is 12.0 Å². The molecule has 3 rings (SSSR count). The molecule has 0 radical (unpaired) electrons. The Balaban J connectivity index is 1.65. The molecular formula is C17H16N2O. The number of amides is 1. The van der Waals surface area contributed by atoms with Crippen LogP contribution in [0.4, 0.5) is 0 Å². The number of hydrogen-bond acceptors (Lipinski definition) is 2. The van der Waals surface area contributed by atoms with Gasteiger partial charge in [-0.3, -0.25) is 9.78 Å². The molecule has 0 bridgehead atoms. The van der Waals surface area contributed by atoms with Gasteiger partial charge < -0.3 is 5.32 Å². The van der Waals surface area contributed by atoms with Crippen molar-refractivity contribution < 1.29 is 4.79 Å². The van der Waals surface area contributed by atoms with Crippen LogP contribution in [0.3, 0.4) is 0 Å². The van der Waals surface area contributed by atoms with Crippen molar-refractivity contribution in [1.29, 1.82) is 0 Å². The minimum Gasteiger partial charge on any atom is -0.346 e. The van der Waals surface area contributed by atoms with E-state index in [2.05, 4.69) is 22.4 Å². The second-order valence-electron chi connectivity index (χ2n) is 4.92. The molecule has 1 atom stereocenters. The largest absolute Gasteiger partial charge is 0.346 e. The average molecular weight is 264 g/mol. The normalized spacial score (nSPS) is 17.1. The molecule has 1 aliphatic carbocycles. The van der Waals surface area contributed by atoms with Gasteiger partial charge in [-0.15, -0.1) is 0 Å². The molecule has 0 fully saturated rings. The molecule has 1 unspecified atom stereocenters. The molecule has 1 amide bonds. The van der Waals surface area contributed by atoms with Crippen molar-refractivity contribution in [3.63, 3.8) is 0 Å². The molecule has 100 valence electrons. The number of pyridine rings is 1. The fourth-order valence-electron chi connectivity index (χ4n) is 2.57. The highest BCUT2D eigenvalue weighted by Crippen LogP contribution is 2.30. The number of hydrogen-bond donors (Lipinski definition) is 1. The van der Waals surface area contributed by atoms with Crippen molar-refractivity contribution in [2.45, 2.75) is 18.9 Å². The number of nitrogens with zero attached hydrogens (tertiary/aromatic N) is 1. The number of carbonyl (C=O) groups excluding carboxylic acids is 1. The number of aromatic nitrogens is 1. The minimum absolute atomic E-state index is 0.0597. The summed E-state index contributed by atoms with van der Waals surface area (Å²) in [6.07, 6.45) is 8.81. The molecule has 3 heteroatoms. The molecule has 20 heavy (non-hydrogen) atoms. The molecule has 1 N–H and O–H groups in total. The maximum atomic E-state index is 12.0. The molecule has 1 aromatic heterocycles. The standard InChI is InChI=1S/C17H16N2O/c20-17(10-7-13-4-3-11-18-12-13)19-16-9-8-14-5-1-2-6-15(14)16/h1-7,10-12,16H,8-9H2,(H,19,20)/b10-7+. The monoisotopic (exact) mass is 264 g/mol. The van der Waals surface area contributed by atoms with E-state index in [0.717, 1.165) is 18.4 Å². The van der Waals surface area contributed by atoms with Crippen LogP contribution >= 0.6 is 0 Å². The lowest BCUT2D eigenvalue weighted by atomic mass is 10.1. The van der Waals surface area contributed by atoms with Crippen LogP contribution in [0.15, 0.2) is 54.9 Å². The molecule has 1 aromatic carbocycles. The predicted octanol–water partition coefficient (Wildman–Crippen LogP) is 2.90. The van der Waals surface area contributed by atoms with Crippen molar-refractivity contribution in [2.24, 2.45) is 0 Å². The van der Waals surface area contributed by atoms with E-state index in [1.54, 1.807) is 24.5 Å². The van der Waals surface area contributed by atoms with Crippen molar-refractivity contribution in [3.8, 4) is 0 Å². The van der Waals surface area contributed by atoms with Crippen LogP contribution in [-0.2, 0) is 11.2 Å². The highest BCUT2D eigenvalue weighted by Gasteiger charge is 2.22. The summed E-state index contributed by atoms with van der Waals surface area (Å²) in [7, 11) is 0. The molecule has 1 aliphatic rings. The highest BCUT2D eigenvalue weighted by atomic mass is 16.1. The van der Waals surface area contributed by atoms with E-state index >= 15 is 0 Å². The maximum Gasteiger partial charge on any atom is 0.244 e. The Hall–Kier alpha value is -2.42. The first-order valence-corrected chi connectivity index (χ1v) is 6.79. The lowest BCUT2D eigenvalue weighted by Gasteiger charge is -2.12. The van der Waals surface area contributed by atoms with Crippen LogP contribution < -0.4 is 5.32 Å². The molecule has 0 aliphatic heterocycles. The van der Waals surface area contributed by atoms with Gasteiger partial charge >= 0.3 is 0 Å². The Morgan fingerprint density at radius 1 is 1.25 bits per heavy atom. The molecule has 0 saturated carbocycles. The van der Waals surface area contributed by atoms with Crippen LogP contribution in [0.1, 0.15) is 29.2 Å². The van der Waals surface area contributed by atoms with Crippen LogP contribution in [0, 0.1) is 0 Å². The van der Waals surface area contributed by atoms with Crippen molar-refractivity contribution in [1.82, 2.24) is 10.3 Å². The van der Waals surface area contributed by atoms with Crippen molar-refractivity contribution in [3.05, 3.63) is 71.6 Å². The predicted molar refractivity (Wildman–Crippen MR) is 78.9 cm³/mol. The van der Waals surface area contributed by atoms with Gasteiger partial charge in [0.15, 0.2) is 0 Å². The van der Waals surface area contributed by atoms with E-state index in [-0.39, 0.29) is 11.9 Å². The molecule has 2 aromatic rings. The summed E-state index contributed by atoms with van der Waals surface area (Å²) in [5.74, 6) is -0.0597. The molecule has 1 heterocycles. The molecule has 0 spiro atoms. The van der Waals surface area contributed by atoms with Gasteiger partial charge in [-0.05, 0) is 41.7 Å². The highest BCUT2D eigenvalue weighted by molar-refractivity contribution is 5.92. The van der Waals surface area contributed by atoms with Gasteiger partial charge in [-0.2, -0.15) is 0 Å². The summed E-state index contributed by atoms with van der Waals surface area (Å²) in [5.41, 5.74) is 3.51. The lowest BCUT2D eigenvalue weighted by molar-refractivity contribution is -0.117. The fraction of sp³-hybridized carbons (Fsp3) is 0.176. The summed E-state index contributed by atoms with van der Waals surface area (Å²) in [4.78, 5) is 16.0. The van der Waals surface area contributed by atoms with E-state index in [0.29, 0.717) is 0 Å². The summed E-state index contributed by atoms with van der Waals surface area (Å²) in [6.45, 7) is 0. The van der Waals surface area contributed by atoms with Gasteiger partial charge in [0.2, 0.25) is 5.91 Å². The van der Waals surface area contributed by atoms with Gasteiger partial charge in [0.1, 0.15) is 0 Å². The van der Waals surface area contributed by atoms with E-state index in [9.17, 15) is 4.79 Å². The number of carbonyl (C=O) groups is 1. The third-order valence-electron chi connectivity index (χ3n) is 3.56. The Bertz CT molecular complexity index is 634. The Morgan fingerprint density at radius 2 is 2.15 bits per heavy atom. The first-order chi connectivity index (χ1) is 9.83. The zero-order valence-electron chi connectivity index (χ0n) is 11.1. The Morgan fingerprint density at radius 3 is 3.00 bits per heavy atom. The van der Waals surface area contributed by atoms with Crippen LogP contribution in [0.5, 0.6) is 0 Å². The van der Waals surface area contributed by atoms with Gasteiger partial charge in [0.25, 0.3) is 0 Å².